The Hall–Kier alpha value is -3.69. The molecule has 4 rings (SSSR count). The van der Waals surface area contributed by atoms with Crippen LogP contribution in [-0.2, 0) is 15.7 Å². The van der Waals surface area contributed by atoms with E-state index in [1.54, 1.807) is 6.92 Å². The summed E-state index contributed by atoms with van der Waals surface area (Å²) in [5.74, 6) is -1.42. The minimum atomic E-state index is -4.95. The normalized spacial score (nSPS) is 14.1. The SMILES string of the molecule is CCOC(=O)[C@@H](C)Oc1ccc2c(=O)c(-c3ccc4c(c3)OCCO4)c(C(F)(F)F)oc2c1. The first kappa shape index (κ1) is 22.5. The average molecular weight is 464 g/mol. The van der Waals surface area contributed by atoms with Crippen molar-refractivity contribution in [2.24, 2.45) is 0 Å². The maximum absolute atomic E-state index is 13.9. The monoisotopic (exact) mass is 464 g/mol. The van der Waals surface area contributed by atoms with E-state index >= 15 is 0 Å². The van der Waals surface area contributed by atoms with E-state index in [1.807, 2.05) is 0 Å². The van der Waals surface area contributed by atoms with Gasteiger partial charge < -0.3 is 23.4 Å². The number of alkyl halides is 3. The van der Waals surface area contributed by atoms with E-state index in [-0.39, 0.29) is 41.2 Å². The zero-order chi connectivity index (χ0) is 23.8. The van der Waals surface area contributed by atoms with E-state index in [9.17, 15) is 22.8 Å². The Morgan fingerprint density at radius 3 is 2.52 bits per heavy atom. The zero-order valence-electron chi connectivity index (χ0n) is 17.7. The third-order valence-electron chi connectivity index (χ3n) is 4.88. The number of benzene rings is 2. The highest BCUT2D eigenvalue weighted by Gasteiger charge is 2.39. The van der Waals surface area contributed by atoms with E-state index in [0.717, 1.165) is 6.07 Å². The molecular weight excluding hydrogens is 445 g/mol. The number of fused-ring (bicyclic) bond motifs is 2. The lowest BCUT2D eigenvalue weighted by molar-refractivity contribution is -0.152. The van der Waals surface area contributed by atoms with E-state index < -0.39 is 35.0 Å². The maximum atomic E-state index is 13.9. The van der Waals surface area contributed by atoms with Gasteiger partial charge in [0.1, 0.15) is 24.5 Å². The van der Waals surface area contributed by atoms with Crippen molar-refractivity contribution in [3.05, 3.63) is 52.4 Å². The van der Waals surface area contributed by atoms with Gasteiger partial charge in [0.15, 0.2) is 17.6 Å². The molecule has 0 bridgehead atoms. The Morgan fingerprint density at radius 1 is 1.09 bits per heavy atom. The van der Waals surface area contributed by atoms with Crippen LogP contribution in [0, 0.1) is 0 Å². The van der Waals surface area contributed by atoms with Crippen LogP contribution >= 0.6 is 0 Å². The Labute approximate surface area is 185 Å². The fraction of sp³-hybridized carbons (Fsp3) is 0.304. The van der Waals surface area contributed by atoms with Crippen LogP contribution in [0.25, 0.3) is 22.1 Å². The third kappa shape index (κ3) is 4.46. The molecule has 0 saturated heterocycles. The van der Waals surface area contributed by atoms with Gasteiger partial charge in [-0.1, -0.05) is 6.07 Å². The molecule has 3 aromatic rings. The predicted octanol–water partition coefficient (Wildman–Crippen LogP) is 4.58. The summed E-state index contributed by atoms with van der Waals surface area (Å²) < 4.78 is 68.0. The number of carbonyl (C=O) groups is 1. The highest BCUT2D eigenvalue weighted by atomic mass is 19.4. The molecule has 1 aromatic heterocycles. The molecular formula is C23H19F3O7. The molecule has 7 nitrogen and oxygen atoms in total. The molecule has 2 aromatic carbocycles. The molecule has 0 spiro atoms. The van der Waals surface area contributed by atoms with Gasteiger partial charge >= 0.3 is 12.1 Å². The number of halogens is 3. The molecule has 10 heteroatoms. The molecule has 0 aliphatic carbocycles. The van der Waals surface area contributed by atoms with Gasteiger partial charge in [-0.05, 0) is 43.7 Å². The summed E-state index contributed by atoms with van der Waals surface area (Å²) in [5.41, 5.74) is -1.86. The third-order valence-corrected chi connectivity index (χ3v) is 4.88. The van der Waals surface area contributed by atoms with Crippen molar-refractivity contribution < 1.29 is 41.3 Å². The van der Waals surface area contributed by atoms with Crippen molar-refractivity contribution in [2.75, 3.05) is 19.8 Å². The van der Waals surface area contributed by atoms with Crippen molar-refractivity contribution >= 4 is 16.9 Å². The van der Waals surface area contributed by atoms with Crippen LogP contribution in [0.3, 0.4) is 0 Å². The number of hydrogen-bond acceptors (Lipinski definition) is 7. The average Bonchev–Trinajstić information content (AvgIpc) is 2.78. The van der Waals surface area contributed by atoms with Gasteiger partial charge in [-0.2, -0.15) is 13.2 Å². The Bertz CT molecular complexity index is 1260. The lowest BCUT2D eigenvalue weighted by Crippen LogP contribution is -2.26. The van der Waals surface area contributed by atoms with Crippen LogP contribution in [0.4, 0.5) is 13.2 Å². The molecule has 0 unspecified atom stereocenters. The summed E-state index contributed by atoms with van der Waals surface area (Å²) >= 11 is 0. The number of esters is 1. The van der Waals surface area contributed by atoms with Gasteiger partial charge in [0, 0.05) is 6.07 Å². The van der Waals surface area contributed by atoms with Crippen LogP contribution in [0.15, 0.2) is 45.6 Å². The first-order chi connectivity index (χ1) is 15.7. The van der Waals surface area contributed by atoms with Crippen LogP contribution in [0.1, 0.15) is 19.6 Å². The summed E-state index contributed by atoms with van der Waals surface area (Å²) in [5, 5.41) is -0.0796. The van der Waals surface area contributed by atoms with Gasteiger partial charge in [-0.25, -0.2) is 4.79 Å². The molecule has 0 amide bonds. The van der Waals surface area contributed by atoms with E-state index in [4.69, 9.17) is 23.4 Å². The minimum Gasteiger partial charge on any atom is -0.486 e. The highest BCUT2D eigenvalue weighted by Crippen LogP contribution is 2.40. The Kier molecular flexibility index (Phi) is 5.92. The molecule has 2 heterocycles. The van der Waals surface area contributed by atoms with E-state index in [0.29, 0.717) is 12.4 Å². The molecule has 1 atom stereocenters. The van der Waals surface area contributed by atoms with Crippen molar-refractivity contribution in [1.29, 1.82) is 0 Å². The van der Waals surface area contributed by atoms with Crippen LogP contribution < -0.4 is 19.6 Å². The first-order valence-corrected chi connectivity index (χ1v) is 10.1. The summed E-state index contributed by atoms with van der Waals surface area (Å²) in [6.07, 6.45) is -5.96. The van der Waals surface area contributed by atoms with Gasteiger partial charge in [0.2, 0.25) is 11.2 Å². The van der Waals surface area contributed by atoms with Gasteiger partial charge in [0.25, 0.3) is 0 Å². The van der Waals surface area contributed by atoms with Crippen molar-refractivity contribution in [1.82, 2.24) is 0 Å². The Morgan fingerprint density at radius 2 is 1.82 bits per heavy atom. The quantitative estimate of drug-likeness (QED) is 0.511. The lowest BCUT2D eigenvalue weighted by Gasteiger charge is -2.19. The molecule has 0 N–H and O–H groups in total. The smallest absolute Gasteiger partial charge is 0.450 e. The molecule has 0 saturated carbocycles. The summed E-state index contributed by atoms with van der Waals surface area (Å²) in [4.78, 5) is 24.9. The number of carbonyl (C=O) groups excluding carboxylic acids is 1. The second kappa shape index (κ2) is 8.68. The molecule has 0 fully saturated rings. The standard InChI is InChI=1S/C23H19F3O7/c1-3-29-22(28)12(2)32-14-5-6-15-17(11-14)33-21(23(24,25)26)19(20(15)27)13-4-7-16-18(10-13)31-9-8-30-16/h4-7,10-12H,3,8-9H2,1-2H3/t12-/m1/s1. The molecule has 1 aliphatic rings. The Balaban J connectivity index is 1.82. The summed E-state index contributed by atoms with van der Waals surface area (Å²) in [7, 11) is 0. The van der Waals surface area contributed by atoms with Crippen LogP contribution in [0.2, 0.25) is 0 Å². The van der Waals surface area contributed by atoms with Crippen molar-refractivity contribution in [3.63, 3.8) is 0 Å². The zero-order valence-corrected chi connectivity index (χ0v) is 17.7. The molecule has 1 aliphatic heterocycles. The van der Waals surface area contributed by atoms with Crippen molar-refractivity contribution in [3.8, 4) is 28.4 Å². The largest absolute Gasteiger partial charge is 0.486 e. The first-order valence-electron chi connectivity index (χ1n) is 10.1. The highest BCUT2D eigenvalue weighted by molar-refractivity contribution is 5.84. The van der Waals surface area contributed by atoms with Gasteiger partial charge in [-0.3, -0.25) is 4.79 Å². The van der Waals surface area contributed by atoms with Gasteiger partial charge in [-0.15, -0.1) is 0 Å². The van der Waals surface area contributed by atoms with Gasteiger partial charge in [0.05, 0.1) is 17.6 Å². The van der Waals surface area contributed by atoms with Crippen LogP contribution in [-0.4, -0.2) is 31.9 Å². The summed E-state index contributed by atoms with van der Waals surface area (Å²) in [6, 6.07) is 7.90. The lowest BCUT2D eigenvalue weighted by atomic mass is 10.0. The molecule has 33 heavy (non-hydrogen) atoms. The molecule has 174 valence electrons. The number of ether oxygens (including phenoxy) is 4. The fourth-order valence-electron chi connectivity index (χ4n) is 3.42. The minimum absolute atomic E-state index is 0.0153. The second-order valence-electron chi connectivity index (χ2n) is 7.16. The topological polar surface area (TPSA) is 84.2 Å². The van der Waals surface area contributed by atoms with Crippen LogP contribution in [0.5, 0.6) is 17.2 Å². The molecule has 0 radical (unpaired) electrons. The van der Waals surface area contributed by atoms with Crippen molar-refractivity contribution in [2.45, 2.75) is 26.1 Å². The second-order valence-corrected chi connectivity index (χ2v) is 7.16. The van der Waals surface area contributed by atoms with E-state index in [2.05, 4.69) is 0 Å². The summed E-state index contributed by atoms with van der Waals surface area (Å²) in [6.45, 7) is 3.77. The van der Waals surface area contributed by atoms with E-state index in [1.165, 1.54) is 37.3 Å². The number of rotatable bonds is 5. The maximum Gasteiger partial charge on any atom is 0.450 e. The fourth-order valence-corrected chi connectivity index (χ4v) is 3.42. The predicted molar refractivity (Wildman–Crippen MR) is 111 cm³/mol. The number of hydrogen-bond donors (Lipinski definition) is 0.